The van der Waals surface area contributed by atoms with Crippen LogP contribution in [0.2, 0.25) is 0 Å². The number of hydrogen-bond acceptors (Lipinski definition) is 3. The molecule has 1 aromatic rings. The highest BCUT2D eigenvalue weighted by atomic mass is 16.4. The van der Waals surface area contributed by atoms with E-state index in [2.05, 4.69) is 10.6 Å². The molecule has 0 aromatic heterocycles. The first-order valence-corrected chi connectivity index (χ1v) is 6.47. The van der Waals surface area contributed by atoms with Crippen molar-refractivity contribution in [1.82, 2.24) is 10.6 Å². The Balaban J connectivity index is 2.90. The van der Waals surface area contributed by atoms with Gasteiger partial charge < -0.3 is 21.5 Å². The molecule has 114 valence electrons. The van der Waals surface area contributed by atoms with Crippen molar-refractivity contribution in [2.24, 2.45) is 11.7 Å². The maximum absolute atomic E-state index is 12.2. The van der Waals surface area contributed by atoms with Gasteiger partial charge in [0, 0.05) is 0 Å². The number of carbonyl (C=O) groups excluding carboxylic acids is 2. The molecule has 0 heterocycles. The van der Waals surface area contributed by atoms with Gasteiger partial charge in [-0.2, -0.15) is 0 Å². The van der Waals surface area contributed by atoms with Gasteiger partial charge in [0.15, 0.2) is 6.04 Å². The molecule has 1 rings (SSSR count). The van der Waals surface area contributed by atoms with E-state index in [0.29, 0.717) is 5.56 Å². The van der Waals surface area contributed by atoms with Crippen molar-refractivity contribution >= 4 is 17.9 Å². The average molecular weight is 293 g/mol. The summed E-state index contributed by atoms with van der Waals surface area (Å²) in [5.74, 6) is -2.01. The Bertz CT molecular complexity index is 516. The van der Waals surface area contributed by atoms with E-state index in [1.54, 1.807) is 44.2 Å². The van der Waals surface area contributed by atoms with Gasteiger partial charge in [-0.25, -0.2) is 9.59 Å². The Hall–Kier alpha value is -2.57. The van der Waals surface area contributed by atoms with E-state index in [-0.39, 0.29) is 5.92 Å². The van der Waals surface area contributed by atoms with Gasteiger partial charge in [0.05, 0.1) is 0 Å². The minimum atomic E-state index is -1.19. The topological polar surface area (TPSA) is 122 Å². The standard InChI is InChI=1S/C14H19N3O4/c1-8(2)10(17-14(15)21)12(18)16-11(13(19)20)9-6-4-3-5-7-9/h3-8,10-11H,1-2H3,(H,16,18)(H,19,20)(H3,15,17,21)/t10?,11-/m1/s1. The lowest BCUT2D eigenvalue weighted by Crippen LogP contribution is -2.52. The van der Waals surface area contributed by atoms with Crippen molar-refractivity contribution in [2.75, 3.05) is 0 Å². The van der Waals surface area contributed by atoms with Gasteiger partial charge in [-0.1, -0.05) is 44.2 Å². The van der Waals surface area contributed by atoms with Crippen LogP contribution in [-0.4, -0.2) is 29.1 Å². The third-order valence-electron chi connectivity index (χ3n) is 2.91. The summed E-state index contributed by atoms with van der Waals surface area (Å²) >= 11 is 0. The second-order valence-corrected chi connectivity index (χ2v) is 4.92. The maximum Gasteiger partial charge on any atom is 0.330 e. The molecular formula is C14H19N3O4. The number of carboxylic acid groups (broad SMARTS) is 1. The molecule has 0 aliphatic heterocycles. The zero-order chi connectivity index (χ0) is 16.0. The van der Waals surface area contributed by atoms with Crippen LogP contribution in [0.25, 0.3) is 0 Å². The van der Waals surface area contributed by atoms with Crippen LogP contribution in [0, 0.1) is 5.92 Å². The molecule has 7 nitrogen and oxygen atoms in total. The van der Waals surface area contributed by atoms with Gasteiger partial charge in [0.1, 0.15) is 6.04 Å². The number of nitrogens with one attached hydrogen (secondary N) is 2. The highest BCUT2D eigenvalue weighted by molar-refractivity contribution is 5.90. The molecule has 0 saturated carbocycles. The molecule has 0 bridgehead atoms. The van der Waals surface area contributed by atoms with E-state index in [9.17, 15) is 19.5 Å². The first kappa shape index (κ1) is 16.5. The largest absolute Gasteiger partial charge is 0.479 e. The SMILES string of the molecule is CC(C)C(NC(N)=O)C(=O)N[C@@H](C(=O)O)c1ccccc1. The normalized spacial score (nSPS) is 13.3. The number of carboxylic acids is 1. The second kappa shape index (κ2) is 7.28. The molecule has 2 atom stereocenters. The minimum Gasteiger partial charge on any atom is -0.479 e. The van der Waals surface area contributed by atoms with Gasteiger partial charge in [0.2, 0.25) is 5.91 Å². The fourth-order valence-electron chi connectivity index (χ4n) is 1.85. The third-order valence-corrected chi connectivity index (χ3v) is 2.91. The minimum absolute atomic E-state index is 0.234. The maximum atomic E-state index is 12.2. The van der Waals surface area contributed by atoms with Crippen LogP contribution in [0.5, 0.6) is 0 Å². The monoisotopic (exact) mass is 293 g/mol. The summed E-state index contributed by atoms with van der Waals surface area (Å²) < 4.78 is 0. The molecule has 21 heavy (non-hydrogen) atoms. The zero-order valence-corrected chi connectivity index (χ0v) is 11.9. The fourth-order valence-corrected chi connectivity index (χ4v) is 1.85. The van der Waals surface area contributed by atoms with E-state index in [4.69, 9.17) is 5.73 Å². The molecular weight excluding hydrogens is 274 g/mol. The van der Waals surface area contributed by atoms with Crippen molar-refractivity contribution in [2.45, 2.75) is 25.9 Å². The van der Waals surface area contributed by atoms with Crippen LogP contribution in [-0.2, 0) is 9.59 Å². The third kappa shape index (κ3) is 4.79. The molecule has 0 spiro atoms. The second-order valence-electron chi connectivity index (χ2n) is 4.92. The zero-order valence-electron chi connectivity index (χ0n) is 11.9. The Labute approximate surface area is 122 Å². The van der Waals surface area contributed by atoms with Crippen LogP contribution in [0.4, 0.5) is 4.79 Å². The Morgan fingerprint density at radius 1 is 1.10 bits per heavy atom. The number of urea groups is 1. The summed E-state index contributed by atoms with van der Waals surface area (Å²) in [6, 6.07) is 5.39. The number of primary amides is 1. The predicted molar refractivity (Wildman–Crippen MR) is 76.3 cm³/mol. The molecule has 3 amide bonds. The molecule has 7 heteroatoms. The molecule has 1 unspecified atom stereocenters. The predicted octanol–water partition coefficient (Wildman–Crippen LogP) is 0.621. The lowest BCUT2D eigenvalue weighted by molar-refractivity contribution is -0.142. The lowest BCUT2D eigenvalue weighted by Gasteiger charge is -2.23. The van der Waals surface area contributed by atoms with Crippen molar-refractivity contribution < 1.29 is 19.5 Å². The lowest BCUT2D eigenvalue weighted by atomic mass is 10.0. The summed E-state index contributed by atoms with van der Waals surface area (Å²) in [5, 5.41) is 14.0. The number of nitrogens with two attached hydrogens (primary N) is 1. The molecule has 1 aromatic carbocycles. The number of rotatable bonds is 6. The molecule has 5 N–H and O–H groups in total. The van der Waals surface area contributed by atoms with Crippen molar-refractivity contribution in [1.29, 1.82) is 0 Å². The number of amides is 3. The van der Waals surface area contributed by atoms with Gasteiger partial charge in [-0.05, 0) is 11.5 Å². The molecule has 0 saturated heterocycles. The first-order chi connectivity index (χ1) is 9.82. The Morgan fingerprint density at radius 2 is 1.67 bits per heavy atom. The van der Waals surface area contributed by atoms with E-state index in [1.165, 1.54) is 0 Å². The number of hydrogen-bond donors (Lipinski definition) is 4. The molecule has 0 fully saturated rings. The smallest absolute Gasteiger partial charge is 0.330 e. The van der Waals surface area contributed by atoms with Gasteiger partial charge >= 0.3 is 12.0 Å². The van der Waals surface area contributed by atoms with E-state index < -0.39 is 30.0 Å². The fraction of sp³-hybridized carbons (Fsp3) is 0.357. The van der Waals surface area contributed by atoms with Crippen LogP contribution in [0.15, 0.2) is 30.3 Å². The Kier molecular flexibility index (Phi) is 5.71. The summed E-state index contributed by atoms with van der Waals surface area (Å²) in [6.45, 7) is 3.44. The van der Waals surface area contributed by atoms with Crippen molar-refractivity contribution in [3.05, 3.63) is 35.9 Å². The molecule has 0 radical (unpaired) electrons. The van der Waals surface area contributed by atoms with Crippen LogP contribution < -0.4 is 16.4 Å². The van der Waals surface area contributed by atoms with Crippen molar-refractivity contribution in [3.8, 4) is 0 Å². The van der Waals surface area contributed by atoms with Gasteiger partial charge in [0.25, 0.3) is 0 Å². The highest BCUT2D eigenvalue weighted by Gasteiger charge is 2.28. The number of benzene rings is 1. The molecule has 0 aliphatic rings. The van der Waals surface area contributed by atoms with Crippen molar-refractivity contribution in [3.63, 3.8) is 0 Å². The van der Waals surface area contributed by atoms with E-state index >= 15 is 0 Å². The highest BCUT2D eigenvalue weighted by Crippen LogP contribution is 2.14. The van der Waals surface area contributed by atoms with Gasteiger partial charge in [-0.3, -0.25) is 4.79 Å². The van der Waals surface area contributed by atoms with E-state index in [0.717, 1.165) is 0 Å². The summed E-state index contributed by atoms with van der Waals surface area (Å²) in [4.78, 5) is 34.4. The first-order valence-electron chi connectivity index (χ1n) is 6.47. The van der Waals surface area contributed by atoms with Crippen LogP contribution >= 0.6 is 0 Å². The average Bonchev–Trinajstić information content (AvgIpc) is 2.42. The molecule has 0 aliphatic carbocycles. The van der Waals surface area contributed by atoms with Crippen LogP contribution in [0.1, 0.15) is 25.5 Å². The number of aliphatic carboxylic acids is 1. The van der Waals surface area contributed by atoms with E-state index in [1.807, 2.05) is 0 Å². The van der Waals surface area contributed by atoms with Crippen LogP contribution in [0.3, 0.4) is 0 Å². The summed E-state index contributed by atoms with van der Waals surface area (Å²) in [7, 11) is 0. The summed E-state index contributed by atoms with van der Waals surface area (Å²) in [6.07, 6.45) is 0. The van der Waals surface area contributed by atoms with Gasteiger partial charge in [-0.15, -0.1) is 0 Å². The number of carbonyl (C=O) groups is 3. The summed E-state index contributed by atoms with van der Waals surface area (Å²) in [5.41, 5.74) is 5.47. The Morgan fingerprint density at radius 3 is 2.10 bits per heavy atom. The quantitative estimate of drug-likeness (QED) is 0.614.